The quantitative estimate of drug-likeness (QED) is 0.686. The second-order valence-corrected chi connectivity index (χ2v) is 3.41. The fourth-order valence-corrected chi connectivity index (χ4v) is 1.58. The van der Waals surface area contributed by atoms with E-state index in [-0.39, 0.29) is 24.8 Å². The van der Waals surface area contributed by atoms with Gasteiger partial charge in [0.25, 0.3) is 0 Å². The highest BCUT2D eigenvalue weighted by atomic mass is 16.5. The Morgan fingerprint density at radius 3 is 3.00 bits per heavy atom. The van der Waals surface area contributed by atoms with Crippen molar-refractivity contribution in [2.24, 2.45) is 0 Å². The third kappa shape index (κ3) is 2.94. The molecule has 88 valence electrons. The summed E-state index contributed by atoms with van der Waals surface area (Å²) < 4.78 is 5.17. The van der Waals surface area contributed by atoms with Crippen LogP contribution >= 0.6 is 0 Å². The first-order valence-corrected chi connectivity index (χ1v) is 5.22. The number of carbonyl (C=O) groups excluding carboxylic acids is 2. The van der Waals surface area contributed by atoms with Crippen LogP contribution in [0.2, 0.25) is 0 Å². The van der Waals surface area contributed by atoms with Gasteiger partial charge in [-0.05, 0) is 6.92 Å². The summed E-state index contributed by atoms with van der Waals surface area (Å²) in [6.07, 6.45) is -0.199. The van der Waals surface area contributed by atoms with Crippen molar-refractivity contribution in [1.82, 2.24) is 10.2 Å². The molecule has 0 radical (unpaired) electrons. The number of amides is 2. The minimum absolute atomic E-state index is 0.197. The number of hydrogen-bond acceptors (Lipinski definition) is 4. The van der Waals surface area contributed by atoms with Crippen LogP contribution in [0.3, 0.4) is 0 Å². The molecule has 0 saturated carbocycles. The van der Waals surface area contributed by atoms with Gasteiger partial charge in [-0.25, -0.2) is 0 Å². The van der Waals surface area contributed by atoms with E-state index in [0.29, 0.717) is 19.7 Å². The molecule has 1 fully saturated rings. The molecule has 1 saturated heterocycles. The summed E-state index contributed by atoms with van der Waals surface area (Å²) >= 11 is 0. The summed E-state index contributed by atoms with van der Waals surface area (Å²) in [5.41, 5.74) is 0. The Balaban J connectivity index is 2.67. The number of carbonyl (C=O) groups is 2. The van der Waals surface area contributed by atoms with Crippen molar-refractivity contribution in [2.75, 3.05) is 26.3 Å². The Hall–Kier alpha value is -1.61. The first-order chi connectivity index (χ1) is 7.70. The van der Waals surface area contributed by atoms with E-state index >= 15 is 0 Å². The van der Waals surface area contributed by atoms with Crippen LogP contribution in [-0.2, 0) is 14.3 Å². The lowest BCUT2D eigenvalue weighted by molar-refractivity contribution is -0.147. The van der Waals surface area contributed by atoms with Gasteiger partial charge in [0, 0.05) is 13.1 Å². The molecule has 0 bridgehead atoms. The normalized spacial score (nSPS) is 20.0. The van der Waals surface area contributed by atoms with Crippen molar-refractivity contribution in [1.29, 1.82) is 5.26 Å². The summed E-state index contributed by atoms with van der Waals surface area (Å²) in [5.74, 6) is -0.546. The summed E-state index contributed by atoms with van der Waals surface area (Å²) in [7, 11) is 0. The standard InChI is InChI=1S/C10H15N3O3/c1-2-12-10(15)8-7-16-6-5-13(8)9(14)3-4-11/h8H,2-3,5-7H2,1H3,(H,12,15). The fraction of sp³-hybridized carbons (Fsp3) is 0.700. The van der Waals surface area contributed by atoms with Crippen LogP contribution in [0.15, 0.2) is 0 Å². The molecule has 0 aromatic carbocycles. The number of nitriles is 1. The predicted octanol–water partition coefficient (Wildman–Crippen LogP) is -0.736. The predicted molar refractivity (Wildman–Crippen MR) is 55.2 cm³/mol. The van der Waals surface area contributed by atoms with Gasteiger partial charge in [0.1, 0.15) is 12.5 Å². The maximum Gasteiger partial charge on any atom is 0.245 e. The van der Waals surface area contributed by atoms with Gasteiger partial charge in [0.2, 0.25) is 11.8 Å². The number of rotatable bonds is 3. The summed E-state index contributed by atoms with van der Waals surface area (Å²) in [6, 6.07) is 1.19. The van der Waals surface area contributed by atoms with Gasteiger partial charge in [-0.3, -0.25) is 9.59 Å². The van der Waals surface area contributed by atoms with E-state index in [9.17, 15) is 9.59 Å². The number of ether oxygens (including phenoxy) is 1. The van der Waals surface area contributed by atoms with Crippen molar-refractivity contribution in [3.8, 4) is 6.07 Å². The monoisotopic (exact) mass is 225 g/mol. The van der Waals surface area contributed by atoms with E-state index in [1.165, 1.54) is 4.90 Å². The van der Waals surface area contributed by atoms with Crippen LogP contribution in [0.25, 0.3) is 0 Å². The molecule has 0 spiro atoms. The van der Waals surface area contributed by atoms with Crippen LogP contribution < -0.4 is 5.32 Å². The Morgan fingerprint density at radius 2 is 2.38 bits per heavy atom. The third-order valence-electron chi connectivity index (χ3n) is 2.33. The van der Waals surface area contributed by atoms with Gasteiger partial charge >= 0.3 is 0 Å². The van der Waals surface area contributed by atoms with Crippen LogP contribution in [-0.4, -0.2) is 49.1 Å². The van der Waals surface area contributed by atoms with Crippen LogP contribution in [0.1, 0.15) is 13.3 Å². The minimum atomic E-state index is -0.602. The second kappa shape index (κ2) is 6.08. The summed E-state index contributed by atoms with van der Waals surface area (Å²) in [4.78, 5) is 24.6. The van der Waals surface area contributed by atoms with Gasteiger partial charge in [-0.2, -0.15) is 5.26 Å². The number of nitrogens with zero attached hydrogens (tertiary/aromatic N) is 2. The second-order valence-electron chi connectivity index (χ2n) is 3.41. The molecular weight excluding hydrogens is 210 g/mol. The fourth-order valence-electron chi connectivity index (χ4n) is 1.58. The zero-order valence-electron chi connectivity index (χ0n) is 9.23. The molecule has 2 amide bonds. The van der Waals surface area contributed by atoms with E-state index in [2.05, 4.69) is 5.32 Å². The lowest BCUT2D eigenvalue weighted by atomic mass is 10.2. The van der Waals surface area contributed by atoms with Crippen LogP contribution in [0, 0.1) is 11.3 Å². The lowest BCUT2D eigenvalue weighted by Crippen LogP contribution is -2.55. The van der Waals surface area contributed by atoms with E-state index in [1.54, 1.807) is 6.07 Å². The first kappa shape index (κ1) is 12.5. The average Bonchev–Trinajstić information content (AvgIpc) is 2.30. The molecule has 16 heavy (non-hydrogen) atoms. The molecular formula is C10H15N3O3. The van der Waals surface area contributed by atoms with Gasteiger partial charge < -0.3 is 15.0 Å². The maximum absolute atomic E-state index is 11.6. The molecule has 0 aromatic rings. The molecule has 1 aliphatic rings. The Labute approximate surface area is 94.2 Å². The molecule has 1 unspecified atom stereocenters. The van der Waals surface area contributed by atoms with Crippen LogP contribution in [0.5, 0.6) is 0 Å². The van der Waals surface area contributed by atoms with Crippen molar-refractivity contribution < 1.29 is 14.3 Å². The Kier molecular flexibility index (Phi) is 4.73. The van der Waals surface area contributed by atoms with Gasteiger partial charge in [-0.15, -0.1) is 0 Å². The Morgan fingerprint density at radius 1 is 1.62 bits per heavy atom. The average molecular weight is 225 g/mol. The van der Waals surface area contributed by atoms with Crippen molar-refractivity contribution in [3.05, 3.63) is 0 Å². The highest BCUT2D eigenvalue weighted by Gasteiger charge is 2.32. The van der Waals surface area contributed by atoms with Gasteiger partial charge in [0.15, 0.2) is 0 Å². The third-order valence-corrected chi connectivity index (χ3v) is 2.33. The number of likely N-dealkylation sites (N-methyl/N-ethyl adjacent to an activating group) is 1. The molecule has 6 heteroatoms. The summed E-state index contributed by atoms with van der Waals surface area (Å²) in [6.45, 7) is 3.29. The number of hydrogen-bond donors (Lipinski definition) is 1. The zero-order chi connectivity index (χ0) is 12.0. The zero-order valence-corrected chi connectivity index (χ0v) is 9.23. The van der Waals surface area contributed by atoms with Crippen molar-refractivity contribution >= 4 is 11.8 Å². The van der Waals surface area contributed by atoms with Crippen LogP contribution in [0.4, 0.5) is 0 Å². The molecule has 1 aliphatic heterocycles. The van der Waals surface area contributed by atoms with E-state index < -0.39 is 6.04 Å². The highest BCUT2D eigenvalue weighted by molar-refractivity contribution is 5.88. The lowest BCUT2D eigenvalue weighted by Gasteiger charge is -2.34. The molecule has 1 N–H and O–H groups in total. The molecule has 1 heterocycles. The van der Waals surface area contributed by atoms with Crippen molar-refractivity contribution in [2.45, 2.75) is 19.4 Å². The summed E-state index contributed by atoms with van der Waals surface area (Å²) in [5, 5.41) is 11.1. The number of morpholine rings is 1. The van der Waals surface area contributed by atoms with E-state index in [4.69, 9.17) is 10.00 Å². The largest absolute Gasteiger partial charge is 0.377 e. The molecule has 1 rings (SSSR count). The highest BCUT2D eigenvalue weighted by Crippen LogP contribution is 2.08. The van der Waals surface area contributed by atoms with E-state index in [1.807, 2.05) is 6.92 Å². The Bertz CT molecular complexity index is 311. The van der Waals surface area contributed by atoms with Gasteiger partial charge in [0.05, 0.1) is 19.3 Å². The van der Waals surface area contributed by atoms with E-state index in [0.717, 1.165) is 0 Å². The number of nitrogens with one attached hydrogen (secondary N) is 1. The SMILES string of the molecule is CCNC(=O)C1COCCN1C(=O)CC#N. The maximum atomic E-state index is 11.6. The molecule has 1 atom stereocenters. The topological polar surface area (TPSA) is 82.4 Å². The van der Waals surface area contributed by atoms with Gasteiger partial charge in [-0.1, -0.05) is 0 Å². The first-order valence-electron chi connectivity index (χ1n) is 5.22. The van der Waals surface area contributed by atoms with Crippen molar-refractivity contribution in [3.63, 3.8) is 0 Å². The minimum Gasteiger partial charge on any atom is -0.377 e. The smallest absolute Gasteiger partial charge is 0.245 e. The molecule has 6 nitrogen and oxygen atoms in total. The molecule has 0 aliphatic carbocycles. The molecule has 0 aromatic heterocycles.